The second-order valence-corrected chi connectivity index (χ2v) is 5.02. The molecule has 8 nitrogen and oxygen atoms in total. The summed E-state index contributed by atoms with van der Waals surface area (Å²) < 4.78 is 0. The zero-order chi connectivity index (χ0) is 14.3. The number of nitrogens with zero attached hydrogens (tertiary/aromatic N) is 1. The number of aromatic amines is 2. The number of fused-ring (bicyclic) bond motifs is 1. The van der Waals surface area contributed by atoms with E-state index >= 15 is 0 Å². The van der Waals surface area contributed by atoms with E-state index in [1.165, 1.54) is 6.33 Å². The molecular weight excluding hydrogens is 335 g/mol. The highest BCUT2D eigenvalue weighted by molar-refractivity contribution is 5.85. The molecule has 22 heavy (non-hydrogen) atoms. The first-order valence-electron chi connectivity index (χ1n) is 6.38. The molecule has 2 aromatic heterocycles. The number of hydrogen-bond acceptors (Lipinski definition) is 6. The van der Waals surface area contributed by atoms with Crippen LogP contribution in [0.5, 0.6) is 0 Å². The van der Waals surface area contributed by atoms with Gasteiger partial charge in [0.1, 0.15) is 5.52 Å². The van der Waals surface area contributed by atoms with Crippen molar-refractivity contribution in [1.29, 1.82) is 0 Å². The third-order valence-corrected chi connectivity index (χ3v) is 3.79. The van der Waals surface area contributed by atoms with Crippen molar-refractivity contribution >= 4 is 35.8 Å². The van der Waals surface area contributed by atoms with Gasteiger partial charge in [0.05, 0.1) is 36.7 Å². The number of aromatic nitrogens is 3. The molecule has 6 N–H and O–H groups in total. The van der Waals surface area contributed by atoms with E-state index in [2.05, 4.69) is 20.3 Å². The minimum absolute atomic E-state index is 0. The largest absolute Gasteiger partial charge is 0.395 e. The number of hydrogen-bond donors (Lipinski definition) is 6. The van der Waals surface area contributed by atoms with Gasteiger partial charge < -0.3 is 30.6 Å². The number of rotatable bonds is 3. The molecule has 4 atom stereocenters. The summed E-state index contributed by atoms with van der Waals surface area (Å²) in [4.78, 5) is 21.0. The molecule has 0 bridgehead atoms. The van der Waals surface area contributed by atoms with Crippen molar-refractivity contribution in [3.8, 4) is 0 Å². The fraction of sp³-hybridized carbons (Fsp3) is 0.500. The van der Waals surface area contributed by atoms with Crippen LogP contribution >= 0.6 is 24.8 Å². The lowest BCUT2D eigenvalue weighted by Crippen LogP contribution is -2.37. The van der Waals surface area contributed by atoms with Crippen molar-refractivity contribution < 1.29 is 15.3 Å². The Kier molecular flexibility index (Phi) is 6.36. The molecule has 10 heteroatoms. The van der Waals surface area contributed by atoms with Crippen LogP contribution in [0.1, 0.15) is 5.56 Å². The van der Waals surface area contributed by atoms with Crippen LogP contribution in [0.25, 0.3) is 11.0 Å². The van der Waals surface area contributed by atoms with E-state index in [9.17, 15) is 15.0 Å². The average molecular weight is 353 g/mol. The van der Waals surface area contributed by atoms with Gasteiger partial charge in [0, 0.05) is 12.2 Å². The molecule has 124 valence electrons. The highest BCUT2D eigenvalue weighted by Gasteiger charge is 2.40. The van der Waals surface area contributed by atoms with Crippen molar-refractivity contribution in [2.24, 2.45) is 0 Å². The Bertz CT molecular complexity index is 676. The summed E-state index contributed by atoms with van der Waals surface area (Å²) in [7, 11) is 0. The quantitative estimate of drug-likeness (QED) is 0.406. The number of aliphatic hydroxyl groups excluding tert-OH is 3. The van der Waals surface area contributed by atoms with Gasteiger partial charge >= 0.3 is 0 Å². The second-order valence-electron chi connectivity index (χ2n) is 5.02. The predicted molar refractivity (Wildman–Crippen MR) is 84.7 cm³/mol. The van der Waals surface area contributed by atoms with Crippen LogP contribution in [0, 0.1) is 0 Å². The number of H-pyrrole nitrogens is 2. The van der Waals surface area contributed by atoms with E-state index in [-0.39, 0.29) is 37.0 Å². The van der Waals surface area contributed by atoms with Gasteiger partial charge in [0.2, 0.25) is 0 Å². The highest BCUT2D eigenvalue weighted by atomic mass is 35.5. The molecule has 3 rings (SSSR count). The standard InChI is InChI=1S/C12H16N4O4.2ClH/c17-3-7-11(19)10(18)6(16-7)1-5-2-13-9-8(5)14-4-15-12(9)20;;/h2,4,6-7,10-11,13,16-19H,1,3H2,(H,14,15,20);2*1H/t6-,7+,10?,11-;;/m0../s1. The fourth-order valence-corrected chi connectivity index (χ4v) is 2.69. The Morgan fingerprint density at radius 2 is 1.82 bits per heavy atom. The number of aliphatic hydroxyl groups is 3. The van der Waals surface area contributed by atoms with Crippen molar-refractivity contribution in [2.45, 2.75) is 30.7 Å². The molecule has 0 spiro atoms. The molecule has 0 radical (unpaired) electrons. The first-order valence-corrected chi connectivity index (χ1v) is 6.38. The smallest absolute Gasteiger partial charge is 0.275 e. The lowest BCUT2D eigenvalue weighted by atomic mass is 10.0. The SMILES string of the molecule is Cl.Cl.O=c1[nH]cnc2c(C[C@@H]3N[C@H](CO)[C@H](O)C3O)c[nH]c12. The van der Waals surface area contributed by atoms with E-state index in [1.807, 2.05) is 0 Å². The minimum atomic E-state index is -1.01. The Hall–Kier alpha value is -1.16. The molecule has 1 unspecified atom stereocenters. The predicted octanol–water partition coefficient (Wildman–Crippen LogP) is -1.31. The topological polar surface area (TPSA) is 134 Å². The summed E-state index contributed by atoms with van der Waals surface area (Å²) in [5.41, 5.74) is 1.45. The van der Waals surface area contributed by atoms with E-state index in [0.29, 0.717) is 17.5 Å². The van der Waals surface area contributed by atoms with E-state index in [0.717, 1.165) is 5.56 Å². The average Bonchev–Trinajstić information content (AvgIpc) is 2.97. The van der Waals surface area contributed by atoms with Gasteiger partial charge in [0.25, 0.3) is 5.56 Å². The van der Waals surface area contributed by atoms with Gasteiger partial charge in [-0.25, -0.2) is 4.98 Å². The zero-order valence-electron chi connectivity index (χ0n) is 11.4. The van der Waals surface area contributed by atoms with E-state index in [1.54, 1.807) is 6.20 Å². The van der Waals surface area contributed by atoms with Gasteiger partial charge in [-0.05, 0) is 12.0 Å². The summed E-state index contributed by atoms with van der Waals surface area (Å²) in [5, 5.41) is 31.8. The lowest BCUT2D eigenvalue weighted by molar-refractivity contribution is 0.0197. The molecule has 1 aliphatic rings. The van der Waals surface area contributed by atoms with E-state index in [4.69, 9.17) is 5.11 Å². The Balaban J connectivity index is 0.00000121. The van der Waals surface area contributed by atoms with Crippen LogP contribution in [-0.2, 0) is 6.42 Å². The first kappa shape index (κ1) is 18.9. The molecular formula is C12H18Cl2N4O4. The normalized spacial score (nSPS) is 27.4. The summed E-state index contributed by atoms with van der Waals surface area (Å²) in [6.07, 6.45) is 1.41. The van der Waals surface area contributed by atoms with Crippen LogP contribution < -0.4 is 10.9 Å². The van der Waals surface area contributed by atoms with Crippen LogP contribution in [0.4, 0.5) is 0 Å². The van der Waals surface area contributed by atoms with Crippen LogP contribution in [0.3, 0.4) is 0 Å². The molecule has 0 aromatic carbocycles. The summed E-state index contributed by atoms with van der Waals surface area (Å²) in [6.45, 7) is -0.249. The van der Waals surface area contributed by atoms with Gasteiger partial charge in [0.15, 0.2) is 0 Å². The molecule has 2 aromatic rings. The van der Waals surface area contributed by atoms with Gasteiger partial charge in [-0.3, -0.25) is 4.79 Å². The van der Waals surface area contributed by atoms with Crippen molar-refractivity contribution in [3.63, 3.8) is 0 Å². The Morgan fingerprint density at radius 3 is 2.45 bits per heavy atom. The van der Waals surface area contributed by atoms with Gasteiger partial charge in [-0.1, -0.05) is 0 Å². The lowest BCUT2D eigenvalue weighted by Gasteiger charge is -2.14. The maximum atomic E-state index is 11.6. The maximum Gasteiger partial charge on any atom is 0.275 e. The third-order valence-electron chi connectivity index (χ3n) is 3.79. The van der Waals surface area contributed by atoms with Crippen molar-refractivity contribution in [3.05, 3.63) is 28.4 Å². The summed E-state index contributed by atoms with van der Waals surface area (Å²) >= 11 is 0. The zero-order valence-corrected chi connectivity index (χ0v) is 13.0. The summed E-state index contributed by atoms with van der Waals surface area (Å²) in [5.74, 6) is 0. The minimum Gasteiger partial charge on any atom is -0.395 e. The Morgan fingerprint density at radius 1 is 1.14 bits per heavy atom. The maximum absolute atomic E-state index is 11.6. The second kappa shape index (κ2) is 7.40. The van der Waals surface area contributed by atoms with Crippen molar-refractivity contribution in [2.75, 3.05) is 6.61 Å². The van der Waals surface area contributed by atoms with Crippen molar-refractivity contribution in [1.82, 2.24) is 20.3 Å². The molecule has 1 aliphatic heterocycles. The monoisotopic (exact) mass is 352 g/mol. The third kappa shape index (κ3) is 3.12. The van der Waals surface area contributed by atoms with Gasteiger partial charge in [-0.15, -0.1) is 24.8 Å². The molecule has 1 saturated heterocycles. The molecule has 0 saturated carbocycles. The fourth-order valence-electron chi connectivity index (χ4n) is 2.69. The molecule has 1 fully saturated rings. The molecule has 3 heterocycles. The number of halogens is 2. The van der Waals surface area contributed by atoms with Crippen LogP contribution in [-0.4, -0.2) is 61.2 Å². The van der Waals surface area contributed by atoms with Crippen LogP contribution in [0.15, 0.2) is 17.3 Å². The van der Waals surface area contributed by atoms with Crippen LogP contribution in [0.2, 0.25) is 0 Å². The highest BCUT2D eigenvalue weighted by Crippen LogP contribution is 2.21. The van der Waals surface area contributed by atoms with E-state index < -0.39 is 24.3 Å². The Labute approximate surface area is 137 Å². The molecule has 0 aliphatic carbocycles. The first-order chi connectivity index (χ1) is 9.61. The number of nitrogens with one attached hydrogen (secondary N) is 3. The summed E-state index contributed by atoms with van der Waals surface area (Å²) in [6, 6.07) is -0.946. The van der Waals surface area contributed by atoms with Gasteiger partial charge in [-0.2, -0.15) is 0 Å². The molecule has 0 amide bonds.